The lowest BCUT2D eigenvalue weighted by Crippen LogP contribution is -2.33. The molecule has 1 N–H and O–H groups in total. The minimum Gasteiger partial charge on any atom is -0.452 e. The molecule has 2 fully saturated rings. The molecule has 41 heavy (non-hydrogen) atoms. The molecule has 1 aliphatic heterocycles. The largest absolute Gasteiger partial charge is 0.452 e. The average molecular weight is 593 g/mol. The minimum atomic E-state index is -0.574. The molecule has 2 atom stereocenters. The number of ether oxygens (including phenoxy) is 4. The van der Waals surface area contributed by atoms with Crippen LogP contribution in [-0.4, -0.2) is 49.9 Å². The lowest BCUT2D eigenvalue weighted by Gasteiger charge is -2.31. The topological polar surface area (TPSA) is 113 Å². The zero-order chi connectivity index (χ0) is 28.1. The quantitative estimate of drug-likeness (QED) is 0.211. The van der Waals surface area contributed by atoms with Gasteiger partial charge in [0.05, 0.1) is 12.3 Å². The summed E-state index contributed by atoms with van der Waals surface area (Å²) in [7, 11) is 1.67. The Bertz CT molecular complexity index is 1450. The highest BCUT2D eigenvalue weighted by atomic mass is 32.2. The Labute approximate surface area is 247 Å². The van der Waals surface area contributed by atoms with Gasteiger partial charge in [0, 0.05) is 61.0 Å². The maximum atomic E-state index is 6.50. The zero-order valence-electron chi connectivity index (χ0n) is 23.0. The predicted molar refractivity (Wildman–Crippen MR) is 156 cm³/mol. The Kier molecular flexibility index (Phi) is 8.73. The van der Waals surface area contributed by atoms with Crippen molar-refractivity contribution in [1.82, 2.24) is 24.3 Å². The number of aryl methyl sites for hydroxylation is 1. The normalized spacial score (nSPS) is 19.9. The number of nitrogens with zero attached hydrogens (tertiary/aromatic N) is 5. The molecule has 1 aliphatic carbocycles. The molecule has 2 aliphatic rings. The van der Waals surface area contributed by atoms with Crippen LogP contribution in [-0.2, 0) is 20.6 Å². The SMILES string of the molecule is CCc1ncccc1Oc1cc(Sc2ccccn2)cnc1Nc1nc([C@@H]2OC3(CCCCC3)O[C@H]2COC)ns1. The van der Waals surface area contributed by atoms with E-state index in [2.05, 4.69) is 19.7 Å². The second-order valence-corrected chi connectivity index (χ2v) is 11.7. The highest BCUT2D eigenvalue weighted by Gasteiger charge is 2.49. The first-order valence-electron chi connectivity index (χ1n) is 13.8. The molecule has 0 radical (unpaired) electrons. The van der Waals surface area contributed by atoms with Crippen LogP contribution in [0.2, 0.25) is 0 Å². The highest BCUT2D eigenvalue weighted by molar-refractivity contribution is 7.99. The smallest absolute Gasteiger partial charge is 0.208 e. The van der Waals surface area contributed by atoms with Crippen molar-refractivity contribution >= 4 is 34.2 Å². The molecule has 0 unspecified atom stereocenters. The van der Waals surface area contributed by atoms with Gasteiger partial charge in [0.25, 0.3) is 0 Å². The summed E-state index contributed by atoms with van der Waals surface area (Å²) in [6.45, 7) is 2.46. The van der Waals surface area contributed by atoms with E-state index in [1.807, 2.05) is 43.3 Å². The fourth-order valence-electron chi connectivity index (χ4n) is 5.09. The van der Waals surface area contributed by atoms with Gasteiger partial charge in [0.15, 0.2) is 29.3 Å². The lowest BCUT2D eigenvalue weighted by atomic mass is 9.94. The van der Waals surface area contributed by atoms with Gasteiger partial charge in [0.2, 0.25) is 5.13 Å². The van der Waals surface area contributed by atoms with Crippen molar-refractivity contribution in [3.8, 4) is 11.5 Å². The molecule has 4 aromatic heterocycles. The number of hydrogen-bond donors (Lipinski definition) is 1. The standard InChI is InChI=1S/C29H32N6O4S2/c1-3-20-21(10-9-15-30-20)37-22-16-19(40-24-11-5-8-14-31-24)17-32-26(22)33-28-34-27(35-41-28)25-23(18-36-2)38-29(39-25)12-6-4-7-13-29/h5,8-11,14-17,23,25H,3-4,6-7,12-13,18H2,1-2H3,(H,32,33,34,35)/t23-,25+/m0/s1. The van der Waals surface area contributed by atoms with Gasteiger partial charge in [0.1, 0.15) is 16.9 Å². The third-order valence-electron chi connectivity index (χ3n) is 7.00. The molecule has 12 heteroatoms. The predicted octanol–water partition coefficient (Wildman–Crippen LogP) is 6.74. The van der Waals surface area contributed by atoms with Gasteiger partial charge in [-0.1, -0.05) is 31.2 Å². The number of anilines is 2. The third-order valence-corrected chi connectivity index (χ3v) is 8.56. The van der Waals surface area contributed by atoms with Crippen LogP contribution in [0.1, 0.15) is 56.7 Å². The molecule has 10 nitrogen and oxygen atoms in total. The molecule has 0 amide bonds. The van der Waals surface area contributed by atoms with Crippen molar-refractivity contribution < 1.29 is 18.9 Å². The first-order valence-corrected chi connectivity index (χ1v) is 15.4. The summed E-state index contributed by atoms with van der Waals surface area (Å²) in [5.41, 5.74) is 0.860. The van der Waals surface area contributed by atoms with E-state index in [4.69, 9.17) is 28.9 Å². The van der Waals surface area contributed by atoms with E-state index in [0.717, 1.165) is 47.7 Å². The molecule has 1 saturated carbocycles. The van der Waals surface area contributed by atoms with Crippen LogP contribution in [0.4, 0.5) is 10.9 Å². The summed E-state index contributed by atoms with van der Waals surface area (Å²) in [5.74, 6) is 1.74. The van der Waals surface area contributed by atoms with Crippen LogP contribution in [0.25, 0.3) is 0 Å². The van der Waals surface area contributed by atoms with Crippen LogP contribution in [0, 0.1) is 0 Å². The van der Waals surface area contributed by atoms with Crippen LogP contribution >= 0.6 is 23.3 Å². The summed E-state index contributed by atoms with van der Waals surface area (Å²) in [6.07, 6.45) is 10.5. The van der Waals surface area contributed by atoms with Crippen LogP contribution in [0.5, 0.6) is 11.5 Å². The summed E-state index contributed by atoms with van der Waals surface area (Å²) in [4.78, 5) is 19.3. The molecular weight excluding hydrogens is 560 g/mol. The van der Waals surface area contributed by atoms with Gasteiger partial charge < -0.3 is 24.3 Å². The van der Waals surface area contributed by atoms with Crippen LogP contribution in [0.15, 0.2) is 64.9 Å². The summed E-state index contributed by atoms with van der Waals surface area (Å²) in [6, 6.07) is 11.5. The van der Waals surface area contributed by atoms with Gasteiger partial charge >= 0.3 is 0 Å². The Morgan fingerprint density at radius 3 is 2.73 bits per heavy atom. The van der Waals surface area contributed by atoms with Crippen molar-refractivity contribution in [3.63, 3.8) is 0 Å². The van der Waals surface area contributed by atoms with Crippen molar-refractivity contribution in [3.05, 3.63) is 66.5 Å². The summed E-state index contributed by atoms with van der Waals surface area (Å²) >= 11 is 2.75. The van der Waals surface area contributed by atoms with Gasteiger partial charge in [-0.25, -0.2) is 15.0 Å². The second kappa shape index (κ2) is 12.8. The third kappa shape index (κ3) is 6.52. The Hall–Kier alpha value is -3.16. The molecule has 214 valence electrons. The molecule has 0 aromatic carbocycles. The van der Waals surface area contributed by atoms with E-state index in [1.54, 1.807) is 25.7 Å². The second-order valence-electron chi connectivity index (χ2n) is 9.90. The highest BCUT2D eigenvalue weighted by Crippen LogP contribution is 2.46. The van der Waals surface area contributed by atoms with E-state index in [9.17, 15) is 0 Å². The Morgan fingerprint density at radius 1 is 1.05 bits per heavy atom. The number of pyridine rings is 3. The van der Waals surface area contributed by atoms with E-state index in [0.29, 0.717) is 34.9 Å². The maximum absolute atomic E-state index is 6.50. The first-order chi connectivity index (χ1) is 20.1. The zero-order valence-corrected chi connectivity index (χ0v) is 24.6. The minimum absolute atomic E-state index is 0.265. The molecular formula is C29H32N6O4S2. The van der Waals surface area contributed by atoms with E-state index < -0.39 is 11.9 Å². The van der Waals surface area contributed by atoms with Gasteiger partial charge in [-0.15, -0.1) is 0 Å². The van der Waals surface area contributed by atoms with Crippen molar-refractivity contribution in [2.75, 3.05) is 19.0 Å². The van der Waals surface area contributed by atoms with Gasteiger partial charge in [-0.2, -0.15) is 4.37 Å². The van der Waals surface area contributed by atoms with Gasteiger partial charge in [-0.3, -0.25) is 4.98 Å². The Balaban J connectivity index is 1.26. The first kappa shape index (κ1) is 28.0. The number of hydrogen-bond acceptors (Lipinski definition) is 12. The molecule has 0 bridgehead atoms. The number of aromatic nitrogens is 5. The monoisotopic (exact) mass is 592 g/mol. The van der Waals surface area contributed by atoms with E-state index in [1.165, 1.54) is 29.7 Å². The van der Waals surface area contributed by atoms with E-state index in [-0.39, 0.29) is 6.10 Å². The van der Waals surface area contributed by atoms with Crippen molar-refractivity contribution in [1.29, 1.82) is 0 Å². The Morgan fingerprint density at radius 2 is 1.93 bits per heavy atom. The molecule has 1 spiro atoms. The van der Waals surface area contributed by atoms with Crippen molar-refractivity contribution in [2.45, 2.75) is 73.4 Å². The van der Waals surface area contributed by atoms with Crippen LogP contribution < -0.4 is 10.1 Å². The number of nitrogens with one attached hydrogen (secondary N) is 1. The van der Waals surface area contributed by atoms with Crippen LogP contribution in [0.3, 0.4) is 0 Å². The van der Waals surface area contributed by atoms with Gasteiger partial charge in [-0.05, 0) is 43.5 Å². The fraction of sp³-hybridized carbons (Fsp3) is 0.414. The number of rotatable bonds is 10. The lowest BCUT2D eigenvalue weighted by molar-refractivity contribution is -0.197. The molecule has 1 saturated heterocycles. The fourth-order valence-corrected chi connectivity index (χ4v) is 6.46. The molecule has 4 aromatic rings. The summed E-state index contributed by atoms with van der Waals surface area (Å²) < 4.78 is 29.4. The molecule has 6 rings (SSSR count). The molecule has 5 heterocycles. The average Bonchev–Trinajstić information content (AvgIpc) is 3.60. The summed E-state index contributed by atoms with van der Waals surface area (Å²) in [5, 5.41) is 4.76. The number of methoxy groups -OCH3 is 1. The van der Waals surface area contributed by atoms with Crippen molar-refractivity contribution in [2.24, 2.45) is 0 Å². The maximum Gasteiger partial charge on any atom is 0.208 e. The van der Waals surface area contributed by atoms with E-state index >= 15 is 0 Å².